The van der Waals surface area contributed by atoms with E-state index >= 15 is 0 Å². The lowest BCUT2D eigenvalue weighted by Gasteiger charge is -2.21. The van der Waals surface area contributed by atoms with Gasteiger partial charge in [0, 0.05) is 25.7 Å². The predicted molar refractivity (Wildman–Crippen MR) is 358 cm³/mol. The fraction of sp³-hybridized carbons (Fsp3) is 0.943. The van der Waals surface area contributed by atoms with Crippen molar-refractivity contribution in [3.05, 3.63) is 0 Å². The van der Waals surface area contributed by atoms with Crippen molar-refractivity contribution in [3.8, 4) is 0 Å². The maximum absolute atomic E-state index is 13.0. The highest BCUT2D eigenvalue weighted by Gasteiger charge is 2.30. The molecule has 0 saturated heterocycles. The van der Waals surface area contributed by atoms with Gasteiger partial charge in [0.1, 0.15) is 19.3 Å². The number of phosphoric ester groups is 2. The van der Waals surface area contributed by atoms with Gasteiger partial charge in [0.05, 0.1) is 26.4 Å². The minimum Gasteiger partial charge on any atom is -0.462 e. The van der Waals surface area contributed by atoms with E-state index in [-0.39, 0.29) is 25.7 Å². The molecule has 0 aliphatic heterocycles. The van der Waals surface area contributed by atoms with E-state index in [9.17, 15) is 43.2 Å². The third-order valence-electron chi connectivity index (χ3n) is 16.2. The van der Waals surface area contributed by atoms with Gasteiger partial charge in [-0.15, -0.1) is 0 Å². The van der Waals surface area contributed by atoms with Crippen molar-refractivity contribution < 1.29 is 80.2 Å². The molecule has 5 atom stereocenters. The second-order valence-electron chi connectivity index (χ2n) is 26.2. The van der Waals surface area contributed by atoms with Gasteiger partial charge in [0.2, 0.25) is 0 Å². The zero-order chi connectivity index (χ0) is 65.7. The van der Waals surface area contributed by atoms with Crippen LogP contribution in [0.2, 0.25) is 0 Å². The van der Waals surface area contributed by atoms with Gasteiger partial charge in [-0.25, -0.2) is 9.13 Å². The van der Waals surface area contributed by atoms with Crippen molar-refractivity contribution >= 4 is 39.5 Å². The maximum Gasteiger partial charge on any atom is 0.472 e. The molecule has 0 fully saturated rings. The standard InChI is InChI=1S/C70H136O17P2/c1-7-9-11-13-14-15-16-17-25-28-31-34-41-47-53-68(73)81-59-66(86-69(74)54-48-42-35-32-29-26-23-21-19-18-20-22-24-27-30-33-39-44-50-62(3)4)61-85-89(78,79)83-57-64(71)56-82-88(76,77)84-60-65(58-80-67(72)52-46-38-12-10-8-2)87-70(75)55-49-43-37-36-40-45-51-63(5)6/h62-66,71H,7-61H2,1-6H3,(H,76,77)(H,78,79)/t64-,65+,66+/m0/s1. The number of hydrogen-bond acceptors (Lipinski definition) is 15. The molecule has 3 N–H and O–H groups in total. The molecule has 0 aliphatic carbocycles. The number of esters is 4. The molecular formula is C70H136O17P2. The molecule has 528 valence electrons. The van der Waals surface area contributed by atoms with E-state index in [1.165, 1.54) is 167 Å². The van der Waals surface area contributed by atoms with Crippen LogP contribution in [0, 0.1) is 11.8 Å². The fourth-order valence-electron chi connectivity index (χ4n) is 10.6. The first-order chi connectivity index (χ1) is 42.9. The summed E-state index contributed by atoms with van der Waals surface area (Å²) >= 11 is 0. The number of carbonyl (C=O) groups excluding carboxylic acids is 4. The van der Waals surface area contributed by atoms with E-state index < -0.39 is 97.5 Å². The van der Waals surface area contributed by atoms with Gasteiger partial charge < -0.3 is 33.8 Å². The topological polar surface area (TPSA) is 237 Å². The first kappa shape index (κ1) is 87.1. The highest BCUT2D eigenvalue weighted by atomic mass is 31.2. The lowest BCUT2D eigenvalue weighted by Crippen LogP contribution is -2.30. The Morgan fingerprint density at radius 3 is 0.764 bits per heavy atom. The lowest BCUT2D eigenvalue weighted by molar-refractivity contribution is -0.161. The van der Waals surface area contributed by atoms with Crippen molar-refractivity contribution in [2.24, 2.45) is 11.8 Å². The molecule has 0 bridgehead atoms. The van der Waals surface area contributed by atoms with E-state index in [4.69, 9.17) is 37.0 Å². The van der Waals surface area contributed by atoms with Gasteiger partial charge in [-0.2, -0.15) is 0 Å². The molecule has 0 aromatic heterocycles. The Balaban J connectivity index is 5.10. The normalized spacial score (nSPS) is 14.1. The summed E-state index contributed by atoms with van der Waals surface area (Å²) in [5.74, 6) is -0.650. The number of aliphatic hydroxyl groups is 1. The van der Waals surface area contributed by atoms with Crippen molar-refractivity contribution in [2.75, 3.05) is 39.6 Å². The number of phosphoric acid groups is 2. The largest absolute Gasteiger partial charge is 0.472 e. The first-order valence-electron chi connectivity index (χ1n) is 36.5. The number of aliphatic hydroxyl groups excluding tert-OH is 1. The Morgan fingerprint density at radius 1 is 0.303 bits per heavy atom. The summed E-state index contributed by atoms with van der Waals surface area (Å²) in [7, 11) is -9.89. The van der Waals surface area contributed by atoms with Crippen LogP contribution in [0.3, 0.4) is 0 Å². The summed E-state index contributed by atoms with van der Waals surface area (Å²) in [6.07, 6.45) is 47.9. The van der Waals surface area contributed by atoms with Crippen LogP contribution in [0.4, 0.5) is 0 Å². The molecule has 0 rings (SSSR count). The molecule has 2 unspecified atom stereocenters. The van der Waals surface area contributed by atoms with Crippen LogP contribution < -0.4 is 0 Å². The van der Waals surface area contributed by atoms with Gasteiger partial charge >= 0.3 is 39.5 Å². The van der Waals surface area contributed by atoms with Crippen molar-refractivity contribution in [1.82, 2.24) is 0 Å². The summed E-state index contributed by atoms with van der Waals surface area (Å²) in [5, 5.41) is 10.5. The minimum atomic E-state index is -4.95. The molecule has 0 spiro atoms. The predicted octanol–water partition coefficient (Wildman–Crippen LogP) is 20.0. The Labute approximate surface area is 543 Å². The molecule has 19 heteroatoms. The maximum atomic E-state index is 13.0. The van der Waals surface area contributed by atoms with E-state index in [2.05, 4.69) is 41.5 Å². The highest BCUT2D eigenvalue weighted by Crippen LogP contribution is 2.45. The average Bonchev–Trinajstić information content (AvgIpc) is 3.57. The van der Waals surface area contributed by atoms with Crippen molar-refractivity contribution in [3.63, 3.8) is 0 Å². The molecule has 0 radical (unpaired) electrons. The molecule has 0 aromatic rings. The summed E-state index contributed by atoms with van der Waals surface area (Å²) in [5.41, 5.74) is 0. The van der Waals surface area contributed by atoms with E-state index in [1.807, 2.05) is 0 Å². The SMILES string of the molecule is CCCCCCCCCCCCCCCCC(=O)OC[C@H](COP(=O)(O)OC[C@@H](O)COP(=O)(O)OC[C@@H](COC(=O)CCCCCCC)OC(=O)CCCCCCCCC(C)C)OC(=O)CCCCCCCCCCCCCCCCCCCCC(C)C. The zero-order valence-corrected chi connectivity index (χ0v) is 59.5. The van der Waals surface area contributed by atoms with Gasteiger partial charge in [-0.3, -0.25) is 37.3 Å². The highest BCUT2D eigenvalue weighted by molar-refractivity contribution is 7.47. The van der Waals surface area contributed by atoms with Gasteiger partial charge in [-0.05, 0) is 37.5 Å². The third-order valence-corrected chi connectivity index (χ3v) is 18.1. The van der Waals surface area contributed by atoms with Gasteiger partial charge in [0.25, 0.3) is 0 Å². The number of carbonyl (C=O) groups is 4. The molecule has 0 aromatic carbocycles. The van der Waals surface area contributed by atoms with Crippen LogP contribution in [0.1, 0.15) is 356 Å². The Kier molecular flexibility index (Phi) is 60.8. The van der Waals surface area contributed by atoms with E-state index in [0.717, 1.165) is 102 Å². The fourth-order valence-corrected chi connectivity index (χ4v) is 12.2. The molecule has 0 amide bonds. The Morgan fingerprint density at radius 2 is 0.517 bits per heavy atom. The van der Waals surface area contributed by atoms with E-state index in [1.54, 1.807) is 0 Å². The van der Waals surface area contributed by atoms with Crippen LogP contribution in [-0.4, -0.2) is 96.7 Å². The lowest BCUT2D eigenvalue weighted by atomic mass is 10.0. The average molecular weight is 1310 g/mol. The minimum absolute atomic E-state index is 0.101. The van der Waals surface area contributed by atoms with Crippen LogP contribution in [0.5, 0.6) is 0 Å². The number of ether oxygens (including phenoxy) is 4. The summed E-state index contributed by atoms with van der Waals surface area (Å²) in [4.78, 5) is 72.2. The van der Waals surface area contributed by atoms with Gasteiger partial charge in [0.15, 0.2) is 12.2 Å². The summed E-state index contributed by atoms with van der Waals surface area (Å²) in [6.45, 7) is 9.40. The molecule has 89 heavy (non-hydrogen) atoms. The van der Waals surface area contributed by atoms with Crippen LogP contribution in [0.25, 0.3) is 0 Å². The second kappa shape index (κ2) is 62.2. The molecule has 0 saturated carbocycles. The van der Waals surface area contributed by atoms with Crippen LogP contribution in [0.15, 0.2) is 0 Å². The summed E-state index contributed by atoms with van der Waals surface area (Å²) < 4.78 is 68.0. The molecule has 17 nitrogen and oxygen atoms in total. The van der Waals surface area contributed by atoms with Crippen LogP contribution >= 0.6 is 15.6 Å². The zero-order valence-electron chi connectivity index (χ0n) is 57.7. The van der Waals surface area contributed by atoms with Crippen molar-refractivity contribution in [2.45, 2.75) is 374 Å². The van der Waals surface area contributed by atoms with Crippen LogP contribution in [-0.2, 0) is 65.4 Å². The summed E-state index contributed by atoms with van der Waals surface area (Å²) in [6, 6.07) is 0. The number of rotatable bonds is 69. The number of hydrogen-bond donors (Lipinski definition) is 3. The molecular weight excluding hydrogens is 1170 g/mol. The first-order valence-corrected chi connectivity index (χ1v) is 39.5. The van der Waals surface area contributed by atoms with Gasteiger partial charge in [-0.1, -0.05) is 305 Å². The molecule has 0 heterocycles. The van der Waals surface area contributed by atoms with Crippen molar-refractivity contribution in [1.29, 1.82) is 0 Å². The number of unbranched alkanes of at least 4 members (excludes halogenated alkanes) is 39. The monoisotopic (exact) mass is 1310 g/mol. The quantitative estimate of drug-likeness (QED) is 0.0222. The third kappa shape index (κ3) is 64.6. The smallest absolute Gasteiger partial charge is 0.462 e. The molecule has 0 aliphatic rings. The second-order valence-corrected chi connectivity index (χ2v) is 29.1. The van der Waals surface area contributed by atoms with E-state index in [0.29, 0.717) is 31.6 Å². The Hall–Kier alpha value is -1.94. The Bertz CT molecular complexity index is 1730.